The number of aryl methyl sites for hydroxylation is 1. The van der Waals surface area contributed by atoms with Crippen LogP contribution in [0, 0.1) is 6.92 Å². The van der Waals surface area contributed by atoms with Crippen molar-refractivity contribution < 1.29 is 5.11 Å². The van der Waals surface area contributed by atoms with E-state index in [4.69, 9.17) is 4.98 Å². The lowest BCUT2D eigenvalue weighted by molar-refractivity contribution is 0.194. The number of aliphatic hydroxyl groups excluding tert-OH is 1. The number of nitrogens with zero attached hydrogens (tertiary/aromatic N) is 5. The van der Waals surface area contributed by atoms with Crippen molar-refractivity contribution in [3.63, 3.8) is 0 Å². The van der Waals surface area contributed by atoms with Crippen molar-refractivity contribution in [2.24, 2.45) is 0 Å². The van der Waals surface area contributed by atoms with Crippen LogP contribution in [0.4, 0.5) is 16.5 Å². The number of thiazole rings is 1. The van der Waals surface area contributed by atoms with Gasteiger partial charge in [0, 0.05) is 35.4 Å². The van der Waals surface area contributed by atoms with E-state index in [9.17, 15) is 5.11 Å². The third-order valence-corrected chi connectivity index (χ3v) is 6.21. The number of anilines is 3. The van der Waals surface area contributed by atoms with Gasteiger partial charge in [0.15, 0.2) is 5.13 Å². The van der Waals surface area contributed by atoms with E-state index in [0.717, 1.165) is 40.9 Å². The molecule has 0 aliphatic carbocycles. The van der Waals surface area contributed by atoms with Gasteiger partial charge in [-0.15, -0.1) is 16.4 Å². The van der Waals surface area contributed by atoms with E-state index in [1.165, 1.54) is 11.3 Å². The summed E-state index contributed by atoms with van der Waals surface area (Å²) in [6, 6.07) is 14.5. The molecule has 0 amide bonds. The molecule has 1 unspecified atom stereocenters. The van der Waals surface area contributed by atoms with Gasteiger partial charge in [0.05, 0.1) is 23.7 Å². The molecule has 2 aromatic heterocycles. The van der Waals surface area contributed by atoms with Crippen molar-refractivity contribution in [2.45, 2.75) is 33.8 Å². The van der Waals surface area contributed by atoms with Crippen LogP contribution in [0.2, 0.25) is 0 Å². The first-order valence-electron chi connectivity index (χ1n) is 10.8. The number of nitrogens with one attached hydrogen (secondary N) is 1. The van der Waals surface area contributed by atoms with Crippen molar-refractivity contribution in [3.05, 3.63) is 65.3 Å². The molecule has 32 heavy (non-hydrogen) atoms. The average molecular weight is 449 g/mol. The molecule has 4 aromatic rings. The number of aliphatic hydroxyl groups is 1. The second kappa shape index (κ2) is 9.50. The van der Waals surface area contributed by atoms with E-state index in [1.807, 2.05) is 24.3 Å². The summed E-state index contributed by atoms with van der Waals surface area (Å²) in [5.41, 5.74) is 6.88. The fourth-order valence-corrected chi connectivity index (χ4v) is 4.26. The van der Waals surface area contributed by atoms with Crippen LogP contribution in [0.1, 0.15) is 38.1 Å². The standard InChI is InChI=1S/C24H28N6OS/c1-5-29(6-2)20-11-12-21(16(3)13-20)25-24-26-23(15-32-24)18-7-9-19(10-8-18)30-14-22(17(4)31)27-28-30/h7-15,17,31H,5-6H2,1-4H3,(H,25,26). The van der Waals surface area contributed by atoms with Gasteiger partial charge in [0.2, 0.25) is 0 Å². The van der Waals surface area contributed by atoms with E-state index in [1.54, 1.807) is 29.1 Å². The van der Waals surface area contributed by atoms with Crippen molar-refractivity contribution in [1.29, 1.82) is 0 Å². The summed E-state index contributed by atoms with van der Waals surface area (Å²) in [6.45, 7) is 10.1. The number of hydrogen-bond acceptors (Lipinski definition) is 7. The first-order chi connectivity index (χ1) is 15.5. The first-order valence-corrected chi connectivity index (χ1v) is 11.7. The molecule has 0 aliphatic rings. The molecule has 2 heterocycles. The van der Waals surface area contributed by atoms with Crippen molar-refractivity contribution >= 4 is 27.8 Å². The van der Waals surface area contributed by atoms with Crippen LogP contribution < -0.4 is 10.2 Å². The van der Waals surface area contributed by atoms with Crippen LogP contribution in [0.3, 0.4) is 0 Å². The summed E-state index contributed by atoms with van der Waals surface area (Å²) in [5.74, 6) is 0. The van der Waals surface area contributed by atoms with Gasteiger partial charge in [0.1, 0.15) is 5.69 Å². The normalized spacial score (nSPS) is 12.0. The summed E-state index contributed by atoms with van der Waals surface area (Å²) in [6.07, 6.45) is 1.10. The maximum Gasteiger partial charge on any atom is 0.187 e. The molecule has 4 rings (SSSR count). The zero-order chi connectivity index (χ0) is 22.7. The number of hydrogen-bond donors (Lipinski definition) is 2. The lowest BCUT2D eigenvalue weighted by atomic mass is 10.1. The van der Waals surface area contributed by atoms with Gasteiger partial charge in [0.25, 0.3) is 0 Å². The fraction of sp³-hybridized carbons (Fsp3) is 0.292. The van der Waals surface area contributed by atoms with Crippen LogP contribution in [-0.2, 0) is 0 Å². The van der Waals surface area contributed by atoms with Crippen LogP contribution in [-0.4, -0.2) is 38.2 Å². The SMILES string of the molecule is CCN(CC)c1ccc(Nc2nc(-c3ccc(-n4cc(C(C)O)nn4)cc3)cs2)c(C)c1. The molecular weight excluding hydrogens is 420 g/mol. The topological polar surface area (TPSA) is 79.1 Å². The highest BCUT2D eigenvalue weighted by Crippen LogP contribution is 2.30. The van der Waals surface area contributed by atoms with E-state index in [0.29, 0.717) is 5.69 Å². The average Bonchev–Trinajstić information content (AvgIpc) is 3.47. The fourth-order valence-electron chi connectivity index (χ4n) is 3.53. The highest BCUT2D eigenvalue weighted by Gasteiger charge is 2.10. The van der Waals surface area contributed by atoms with Crippen LogP contribution in [0.15, 0.2) is 54.0 Å². The molecule has 0 saturated heterocycles. The van der Waals surface area contributed by atoms with Gasteiger partial charge in [-0.3, -0.25) is 0 Å². The largest absolute Gasteiger partial charge is 0.387 e. The number of rotatable bonds is 8. The molecule has 166 valence electrons. The molecule has 2 aromatic carbocycles. The predicted octanol–water partition coefficient (Wildman–Crippen LogP) is 5.34. The Bertz CT molecular complexity index is 1180. The van der Waals surface area contributed by atoms with Crippen LogP contribution >= 0.6 is 11.3 Å². The predicted molar refractivity (Wildman–Crippen MR) is 131 cm³/mol. The van der Waals surface area contributed by atoms with Crippen LogP contribution in [0.5, 0.6) is 0 Å². The molecule has 0 fully saturated rings. The summed E-state index contributed by atoms with van der Waals surface area (Å²) >= 11 is 1.59. The Balaban J connectivity index is 1.48. The zero-order valence-electron chi connectivity index (χ0n) is 18.8. The van der Waals surface area contributed by atoms with E-state index < -0.39 is 6.10 Å². The van der Waals surface area contributed by atoms with Gasteiger partial charge in [-0.25, -0.2) is 9.67 Å². The maximum absolute atomic E-state index is 9.63. The minimum Gasteiger partial charge on any atom is -0.387 e. The van der Waals surface area contributed by atoms with Crippen LogP contribution in [0.25, 0.3) is 16.9 Å². The molecule has 8 heteroatoms. The van der Waals surface area contributed by atoms with Crippen molar-refractivity contribution in [1.82, 2.24) is 20.0 Å². The third kappa shape index (κ3) is 4.66. The van der Waals surface area contributed by atoms with Crippen molar-refractivity contribution in [2.75, 3.05) is 23.3 Å². The highest BCUT2D eigenvalue weighted by atomic mass is 32.1. The molecule has 2 N–H and O–H groups in total. The van der Waals surface area contributed by atoms with Gasteiger partial charge in [-0.1, -0.05) is 17.3 Å². The van der Waals surface area contributed by atoms with Gasteiger partial charge in [-0.2, -0.15) is 0 Å². The summed E-state index contributed by atoms with van der Waals surface area (Å²) < 4.78 is 1.66. The second-order valence-corrected chi connectivity index (χ2v) is 8.50. The quantitative estimate of drug-likeness (QED) is 0.379. The lowest BCUT2D eigenvalue weighted by Gasteiger charge is -2.22. The molecule has 7 nitrogen and oxygen atoms in total. The minimum absolute atomic E-state index is 0.546. The Morgan fingerprint density at radius 2 is 1.88 bits per heavy atom. The third-order valence-electron chi connectivity index (χ3n) is 5.45. The Morgan fingerprint density at radius 3 is 2.50 bits per heavy atom. The van der Waals surface area contributed by atoms with Gasteiger partial charge >= 0.3 is 0 Å². The van der Waals surface area contributed by atoms with Crippen molar-refractivity contribution in [3.8, 4) is 16.9 Å². The molecule has 1 atom stereocenters. The molecule has 0 saturated carbocycles. The Morgan fingerprint density at radius 1 is 1.12 bits per heavy atom. The highest BCUT2D eigenvalue weighted by molar-refractivity contribution is 7.14. The maximum atomic E-state index is 9.63. The monoisotopic (exact) mass is 448 g/mol. The number of benzene rings is 2. The first kappa shape index (κ1) is 22.0. The summed E-state index contributed by atoms with van der Waals surface area (Å²) in [4.78, 5) is 7.11. The molecule has 0 bridgehead atoms. The molecule has 0 spiro atoms. The molecule has 0 aliphatic heterocycles. The molecular formula is C24H28N6OS. The lowest BCUT2D eigenvalue weighted by Crippen LogP contribution is -2.21. The van der Waals surface area contributed by atoms with Gasteiger partial charge < -0.3 is 15.3 Å². The Labute approximate surface area is 192 Å². The summed E-state index contributed by atoms with van der Waals surface area (Å²) in [5, 5.41) is 24.1. The summed E-state index contributed by atoms with van der Waals surface area (Å²) in [7, 11) is 0. The van der Waals surface area contributed by atoms with E-state index in [-0.39, 0.29) is 0 Å². The smallest absolute Gasteiger partial charge is 0.187 e. The van der Waals surface area contributed by atoms with E-state index in [2.05, 4.69) is 64.9 Å². The second-order valence-electron chi connectivity index (χ2n) is 7.65. The minimum atomic E-state index is -0.638. The van der Waals surface area contributed by atoms with Gasteiger partial charge in [-0.05, 0) is 63.6 Å². The Hall–Kier alpha value is -3.23. The number of aromatic nitrogens is 4. The Kier molecular flexibility index (Phi) is 6.53. The zero-order valence-corrected chi connectivity index (χ0v) is 19.6. The van der Waals surface area contributed by atoms with E-state index >= 15 is 0 Å². The molecule has 0 radical (unpaired) electrons.